The molecule has 0 aliphatic heterocycles. The van der Waals surface area contributed by atoms with E-state index in [4.69, 9.17) is 4.74 Å². The summed E-state index contributed by atoms with van der Waals surface area (Å²) in [5.74, 6) is 0.215. The first-order valence-electron chi connectivity index (χ1n) is 11.6. The van der Waals surface area contributed by atoms with Crippen molar-refractivity contribution in [3.05, 3.63) is 84.8 Å². The molecule has 0 aliphatic carbocycles. The van der Waals surface area contributed by atoms with Crippen molar-refractivity contribution in [2.45, 2.75) is 39.5 Å². The molecular weight excluding hydrogens is 458 g/mol. The van der Waals surface area contributed by atoms with Crippen LogP contribution in [0.4, 0.5) is 0 Å². The lowest BCUT2D eigenvalue weighted by Crippen LogP contribution is -2.34. The second kappa shape index (κ2) is 11.8. The number of nitrogens with one attached hydrogen (secondary N) is 1. The Morgan fingerprint density at radius 2 is 1.63 bits per heavy atom. The average molecular weight is 490 g/mol. The lowest BCUT2D eigenvalue weighted by atomic mass is 10.0. The zero-order chi connectivity index (χ0) is 25.5. The number of carbonyl (C=O) groups is 1. The Kier molecular flexibility index (Phi) is 8.80. The number of carbonyl (C=O) groups excluding carboxylic acids is 1. The SMILES string of the molecule is COCCNC(=O)/C(C#N)=c1\s/c(=C\c2ccc(C(C)C)cc2)c(=O)n1-c1ccc(C(C)C)cc1. The van der Waals surface area contributed by atoms with Gasteiger partial charge in [-0.15, -0.1) is 11.3 Å². The van der Waals surface area contributed by atoms with E-state index in [1.165, 1.54) is 17.2 Å². The number of methoxy groups -OCH3 is 1. The molecule has 0 unspecified atom stereocenters. The molecule has 2 aromatic carbocycles. The Labute approximate surface area is 209 Å². The van der Waals surface area contributed by atoms with Crippen molar-refractivity contribution in [2.75, 3.05) is 20.3 Å². The third-order valence-corrected chi connectivity index (χ3v) is 6.78. The van der Waals surface area contributed by atoms with Gasteiger partial charge in [-0.05, 0) is 46.7 Å². The molecule has 3 rings (SSSR count). The Balaban J connectivity index is 2.24. The van der Waals surface area contributed by atoms with E-state index in [1.54, 1.807) is 6.08 Å². The van der Waals surface area contributed by atoms with Crippen LogP contribution >= 0.6 is 11.3 Å². The Morgan fingerprint density at radius 3 is 2.14 bits per heavy atom. The number of hydrogen-bond donors (Lipinski definition) is 1. The van der Waals surface area contributed by atoms with E-state index in [-0.39, 0.29) is 17.7 Å². The van der Waals surface area contributed by atoms with E-state index in [2.05, 4.69) is 33.0 Å². The van der Waals surface area contributed by atoms with Crippen LogP contribution in [0.5, 0.6) is 0 Å². The van der Waals surface area contributed by atoms with Gasteiger partial charge in [-0.25, -0.2) is 0 Å². The van der Waals surface area contributed by atoms with Crippen molar-refractivity contribution >= 4 is 28.9 Å². The molecule has 1 heterocycles. The number of amides is 1. The summed E-state index contributed by atoms with van der Waals surface area (Å²) < 4.78 is 7.19. The topological polar surface area (TPSA) is 84.1 Å². The molecule has 0 bridgehead atoms. The van der Waals surface area contributed by atoms with Crippen LogP contribution in [0.15, 0.2) is 53.3 Å². The molecule has 0 spiro atoms. The third kappa shape index (κ3) is 6.16. The zero-order valence-corrected chi connectivity index (χ0v) is 21.6. The molecule has 0 atom stereocenters. The highest BCUT2D eigenvalue weighted by Crippen LogP contribution is 2.16. The van der Waals surface area contributed by atoms with Crippen LogP contribution in [0, 0.1) is 11.3 Å². The maximum absolute atomic E-state index is 13.6. The van der Waals surface area contributed by atoms with Crippen LogP contribution < -0.4 is 20.1 Å². The maximum Gasteiger partial charge on any atom is 0.273 e. The van der Waals surface area contributed by atoms with Gasteiger partial charge in [-0.1, -0.05) is 64.1 Å². The van der Waals surface area contributed by atoms with E-state index < -0.39 is 5.91 Å². The molecule has 0 saturated carbocycles. The molecule has 0 radical (unpaired) electrons. The van der Waals surface area contributed by atoms with Gasteiger partial charge in [-0.3, -0.25) is 14.2 Å². The fourth-order valence-corrected chi connectivity index (χ4v) is 4.67. The third-order valence-electron chi connectivity index (χ3n) is 5.69. The van der Waals surface area contributed by atoms with E-state index in [9.17, 15) is 14.9 Å². The smallest absolute Gasteiger partial charge is 0.273 e. The van der Waals surface area contributed by atoms with Crippen LogP contribution in [-0.4, -0.2) is 30.7 Å². The molecule has 1 aromatic heterocycles. The predicted octanol–water partition coefficient (Wildman–Crippen LogP) is 3.41. The minimum absolute atomic E-state index is 0.106. The maximum atomic E-state index is 13.6. The fourth-order valence-electron chi connectivity index (χ4n) is 3.57. The highest BCUT2D eigenvalue weighted by atomic mass is 32.1. The number of aromatic nitrogens is 1. The Morgan fingerprint density at radius 1 is 1.06 bits per heavy atom. The molecule has 3 aromatic rings. The summed E-state index contributed by atoms with van der Waals surface area (Å²) >= 11 is 1.14. The minimum Gasteiger partial charge on any atom is -0.383 e. The molecule has 1 N–H and O–H groups in total. The molecule has 182 valence electrons. The molecule has 0 saturated heterocycles. The molecule has 0 aliphatic rings. The summed E-state index contributed by atoms with van der Waals surface area (Å²) in [7, 11) is 1.54. The molecule has 1 amide bonds. The number of nitriles is 1. The van der Waals surface area contributed by atoms with Gasteiger partial charge >= 0.3 is 0 Å². The molecule has 6 nitrogen and oxygen atoms in total. The number of ether oxygens (including phenoxy) is 1. The van der Waals surface area contributed by atoms with Crippen molar-refractivity contribution in [2.24, 2.45) is 0 Å². The minimum atomic E-state index is -0.536. The van der Waals surface area contributed by atoms with Gasteiger partial charge < -0.3 is 10.1 Å². The predicted molar refractivity (Wildman–Crippen MR) is 141 cm³/mol. The van der Waals surface area contributed by atoms with Gasteiger partial charge in [0.1, 0.15) is 10.7 Å². The van der Waals surface area contributed by atoms with Crippen molar-refractivity contribution < 1.29 is 9.53 Å². The van der Waals surface area contributed by atoms with Gasteiger partial charge in [0.25, 0.3) is 11.5 Å². The van der Waals surface area contributed by atoms with Crippen LogP contribution in [0.1, 0.15) is 56.2 Å². The van der Waals surface area contributed by atoms with Crippen LogP contribution in [0.25, 0.3) is 17.3 Å². The summed E-state index contributed by atoms with van der Waals surface area (Å²) in [4.78, 5) is 26.4. The standard InChI is InChI=1S/C28H31N3O3S/c1-18(2)21-8-6-20(7-9-21)16-25-27(33)31(23-12-10-22(11-13-23)19(3)4)28(35-25)24(17-29)26(32)30-14-15-34-5/h6-13,16,18-19H,14-15H2,1-5H3,(H,30,32)/b25-16-,28-24-. The quantitative estimate of drug-likeness (QED) is 0.492. The number of nitrogens with zero attached hydrogens (tertiary/aromatic N) is 2. The molecule has 35 heavy (non-hydrogen) atoms. The monoisotopic (exact) mass is 489 g/mol. The summed E-state index contributed by atoms with van der Waals surface area (Å²) in [6, 6.07) is 17.7. The summed E-state index contributed by atoms with van der Waals surface area (Å²) in [6.45, 7) is 9.04. The molecule has 0 fully saturated rings. The van der Waals surface area contributed by atoms with Crippen molar-refractivity contribution in [1.29, 1.82) is 5.26 Å². The van der Waals surface area contributed by atoms with Gasteiger partial charge in [0.15, 0.2) is 5.57 Å². The van der Waals surface area contributed by atoms with Gasteiger partial charge in [0.05, 0.1) is 16.8 Å². The summed E-state index contributed by atoms with van der Waals surface area (Å²) in [5.41, 5.74) is 3.46. The van der Waals surface area contributed by atoms with E-state index in [0.717, 1.165) is 22.5 Å². The van der Waals surface area contributed by atoms with E-state index in [1.807, 2.05) is 54.6 Å². The highest BCUT2D eigenvalue weighted by molar-refractivity contribution is 7.07. The van der Waals surface area contributed by atoms with E-state index in [0.29, 0.717) is 33.3 Å². The van der Waals surface area contributed by atoms with Crippen molar-refractivity contribution in [3.63, 3.8) is 0 Å². The number of benzene rings is 2. The van der Waals surface area contributed by atoms with E-state index >= 15 is 0 Å². The number of rotatable bonds is 8. The first kappa shape index (κ1) is 26.1. The summed E-state index contributed by atoms with van der Waals surface area (Å²) in [5, 5.41) is 12.6. The Bertz CT molecular complexity index is 1390. The van der Waals surface area contributed by atoms with Crippen molar-refractivity contribution in [1.82, 2.24) is 9.88 Å². The van der Waals surface area contributed by atoms with Crippen molar-refractivity contribution in [3.8, 4) is 11.8 Å². The highest BCUT2D eigenvalue weighted by Gasteiger charge is 2.17. The zero-order valence-electron chi connectivity index (χ0n) is 20.8. The number of hydrogen-bond acceptors (Lipinski definition) is 5. The first-order chi connectivity index (χ1) is 16.8. The lowest BCUT2D eigenvalue weighted by Gasteiger charge is -2.08. The molecular formula is C28H31N3O3S. The van der Waals surface area contributed by atoms with Crippen LogP contribution in [0.3, 0.4) is 0 Å². The van der Waals surface area contributed by atoms with Gasteiger partial charge in [0.2, 0.25) is 0 Å². The largest absolute Gasteiger partial charge is 0.383 e. The van der Waals surface area contributed by atoms with Crippen LogP contribution in [0.2, 0.25) is 0 Å². The summed E-state index contributed by atoms with van der Waals surface area (Å²) in [6.07, 6.45) is 1.80. The average Bonchev–Trinajstić information content (AvgIpc) is 3.15. The fraction of sp³-hybridized carbons (Fsp3) is 0.321. The lowest BCUT2D eigenvalue weighted by molar-refractivity contribution is -0.115. The second-order valence-corrected chi connectivity index (χ2v) is 9.89. The first-order valence-corrected chi connectivity index (χ1v) is 12.4. The Hall–Kier alpha value is -3.47. The normalized spacial score (nSPS) is 12.7. The second-order valence-electron chi connectivity index (χ2n) is 8.86. The number of thiazole rings is 1. The molecule has 7 heteroatoms. The van der Waals surface area contributed by atoms with Gasteiger partial charge in [0, 0.05) is 13.7 Å². The van der Waals surface area contributed by atoms with Crippen LogP contribution in [-0.2, 0) is 9.53 Å². The van der Waals surface area contributed by atoms with Gasteiger partial charge in [-0.2, -0.15) is 5.26 Å².